The van der Waals surface area contributed by atoms with Crippen LogP contribution < -0.4 is 20.1 Å². The zero-order valence-electron chi connectivity index (χ0n) is 14.2. The van der Waals surface area contributed by atoms with Gasteiger partial charge in [0.05, 0.1) is 20.8 Å². The number of carbonyl (C=O) groups is 2. The molecule has 25 heavy (non-hydrogen) atoms. The van der Waals surface area contributed by atoms with Crippen LogP contribution in [0.1, 0.15) is 11.8 Å². The number of hydrogen-bond acceptors (Lipinski definition) is 6. The van der Waals surface area contributed by atoms with Gasteiger partial charge in [-0.2, -0.15) is 0 Å². The molecule has 0 aliphatic rings. The summed E-state index contributed by atoms with van der Waals surface area (Å²) in [5, 5.41) is 17.1. The van der Waals surface area contributed by atoms with E-state index in [0.717, 1.165) is 0 Å². The molecule has 8 heteroatoms. The van der Waals surface area contributed by atoms with E-state index in [4.69, 9.17) is 9.47 Å². The zero-order chi connectivity index (χ0) is 18.4. The van der Waals surface area contributed by atoms with E-state index in [9.17, 15) is 14.7 Å². The van der Waals surface area contributed by atoms with Gasteiger partial charge in [0.25, 0.3) is 0 Å². The van der Waals surface area contributed by atoms with Crippen LogP contribution in [0.4, 0.5) is 5.69 Å². The molecule has 1 heterocycles. The van der Waals surface area contributed by atoms with Gasteiger partial charge in [-0.15, -0.1) is 11.3 Å². The van der Waals surface area contributed by atoms with Gasteiger partial charge in [0.1, 0.15) is 5.60 Å². The summed E-state index contributed by atoms with van der Waals surface area (Å²) >= 11 is 1.37. The van der Waals surface area contributed by atoms with E-state index in [2.05, 4.69) is 10.6 Å². The Labute approximate surface area is 149 Å². The first-order valence-electron chi connectivity index (χ1n) is 7.45. The highest BCUT2D eigenvalue weighted by atomic mass is 32.1. The Bertz CT molecular complexity index is 744. The second kappa shape index (κ2) is 8.00. The van der Waals surface area contributed by atoms with Crippen LogP contribution in [0.15, 0.2) is 35.7 Å². The number of carbonyl (C=O) groups excluding carboxylic acids is 2. The molecule has 2 rings (SSSR count). The number of anilines is 1. The maximum absolute atomic E-state index is 12.0. The van der Waals surface area contributed by atoms with Crippen LogP contribution in [0.3, 0.4) is 0 Å². The van der Waals surface area contributed by atoms with Crippen LogP contribution in [0, 0.1) is 0 Å². The van der Waals surface area contributed by atoms with Gasteiger partial charge in [0, 0.05) is 16.6 Å². The monoisotopic (exact) mass is 364 g/mol. The largest absolute Gasteiger partial charge is 0.493 e. The van der Waals surface area contributed by atoms with Gasteiger partial charge in [0.2, 0.25) is 0 Å². The molecule has 2 aromatic rings. The van der Waals surface area contributed by atoms with E-state index in [0.29, 0.717) is 22.1 Å². The third-order valence-electron chi connectivity index (χ3n) is 3.49. The van der Waals surface area contributed by atoms with Gasteiger partial charge in [-0.25, -0.2) is 0 Å². The molecule has 0 aliphatic heterocycles. The Kier molecular flexibility index (Phi) is 6.00. The number of methoxy groups -OCH3 is 2. The quantitative estimate of drug-likeness (QED) is 0.678. The second-order valence-electron chi connectivity index (χ2n) is 5.46. The standard InChI is InChI=1S/C17H20N2O5S/c1-17(22,14-5-4-8-25-14)10-18-15(20)16(21)19-11-6-7-12(23-2)13(9-11)24-3/h4-9,22H,10H2,1-3H3,(H,18,20)(H,19,21). The third kappa shape index (κ3) is 4.71. The number of amides is 2. The van der Waals surface area contributed by atoms with Crippen LogP contribution in [0.5, 0.6) is 11.5 Å². The minimum absolute atomic E-state index is 0.0777. The van der Waals surface area contributed by atoms with Crippen molar-refractivity contribution in [1.82, 2.24) is 5.32 Å². The minimum Gasteiger partial charge on any atom is -0.493 e. The van der Waals surface area contributed by atoms with Gasteiger partial charge in [-0.05, 0) is 30.5 Å². The Morgan fingerprint density at radius 2 is 1.88 bits per heavy atom. The molecule has 0 saturated heterocycles. The first kappa shape index (κ1) is 18.8. The van der Waals surface area contributed by atoms with Gasteiger partial charge < -0.3 is 25.2 Å². The average Bonchev–Trinajstić information content (AvgIpc) is 3.15. The van der Waals surface area contributed by atoms with Crippen LogP contribution >= 0.6 is 11.3 Å². The summed E-state index contributed by atoms with van der Waals surface area (Å²) in [7, 11) is 2.98. The summed E-state index contributed by atoms with van der Waals surface area (Å²) in [6.07, 6.45) is 0. The Hall–Kier alpha value is -2.58. The first-order valence-corrected chi connectivity index (χ1v) is 8.33. The molecule has 1 atom stereocenters. The zero-order valence-corrected chi connectivity index (χ0v) is 15.0. The fourth-order valence-electron chi connectivity index (χ4n) is 2.11. The van der Waals surface area contributed by atoms with E-state index in [-0.39, 0.29) is 6.54 Å². The summed E-state index contributed by atoms with van der Waals surface area (Å²) in [4.78, 5) is 24.7. The molecule has 0 radical (unpaired) electrons. The highest BCUT2D eigenvalue weighted by Gasteiger charge is 2.26. The van der Waals surface area contributed by atoms with E-state index in [1.165, 1.54) is 25.6 Å². The summed E-state index contributed by atoms with van der Waals surface area (Å²) in [5.41, 5.74) is -0.851. The van der Waals surface area contributed by atoms with Crippen molar-refractivity contribution in [3.8, 4) is 11.5 Å². The number of rotatable bonds is 6. The molecule has 3 N–H and O–H groups in total. The Morgan fingerprint density at radius 3 is 2.48 bits per heavy atom. The third-order valence-corrected chi connectivity index (χ3v) is 4.62. The van der Waals surface area contributed by atoms with Crippen LogP contribution in [-0.4, -0.2) is 37.7 Å². The van der Waals surface area contributed by atoms with Crippen molar-refractivity contribution < 1.29 is 24.2 Å². The maximum Gasteiger partial charge on any atom is 0.313 e. The van der Waals surface area contributed by atoms with E-state index < -0.39 is 17.4 Å². The Balaban J connectivity index is 1.95. The number of aliphatic hydroxyl groups is 1. The fraction of sp³-hybridized carbons (Fsp3) is 0.294. The van der Waals surface area contributed by atoms with Crippen LogP contribution in [0.2, 0.25) is 0 Å². The molecule has 0 bridgehead atoms. The molecule has 0 spiro atoms. The first-order chi connectivity index (χ1) is 11.9. The van der Waals surface area contributed by atoms with Crippen LogP contribution in [-0.2, 0) is 15.2 Å². The normalized spacial score (nSPS) is 12.8. The molecule has 134 valence electrons. The van der Waals surface area contributed by atoms with E-state index in [1.807, 2.05) is 5.38 Å². The van der Waals surface area contributed by atoms with Crippen LogP contribution in [0.25, 0.3) is 0 Å². The molecular weight excluding hydrogens is 344 g/mol. The van der Waals surface area contributed by atoms with Crippen molar-refractivity contribution in [2.45, 2.75) is 12.5 Å². The van der Waals surface area contributed by atoms with E-state index >= 15 is 0 Å². The molecule has 1 aromatic carbocycles. The summed E-state index contributed by atoms with van der Waals surface area (Å²) in [6.45, 7) is 1.50. The summed E-state index contributed by atoms with van der Waals surface area (Å²) in [6, 6.07) is 8.33. The molecule has 0 fully saturated rings. The van der Waals surface area contributed by atoms with Crippen molar-refractivity contribution >= 4 is 28.8 Å². The lowest BCUT2D eigenvalue weighted by Crippen LogP contribution is -2.42. The predicted molar refractivity (Wildman–Crippen MR) is 95.1 cm³/mol. The van der Waals surface area contributed by atoms with Crippen molar-refractivity contribution in [3.05, 3.63) is 40.6 Å². The minimum atomic E-state index is -1.24. The lowest BCUT2D eigenvalue weighted by atomic mass is 10.1. The molecule has 1 aromatic heterocycles. The number of ether oxygens (including phenoxy) is 2. The van der Waals surface area contributed by atoms with Gasteiger partial charge in [0.15, 0.2) is 11.5 Å². The van der Waals surface area contributed by atoms with Crippen molar-refractivity contribution in [2.75, 3.05) is 26.1 Å². The maximum atomic E-state index is 12.0. The van der Waals surface area contributed by atoms with Crippen molar-refractivity contribution in [3.63, 3.8) is 0 Å². The molecule has 0 saturated carbocycles. The second-order valence-corrected chi connectivity index (χ2v) is 6.41. The number of benzene rings is 1. The molecule has 7 nitrogen and oxygen atoms in total. The van der Waals surface area contributed by atoms with Crippen molar-refractivity contribution in [2.24, 2.45) is 0 Å². The predicted octanol–water partition coefficient (Wildman–Crippen LogP) is 1.73. The lowest BCUT2D eigenvalue weighted by molar-refractivity contribution is -0.136. The lowest BCUT2D eigenvalue weighted by Gasteiger charge is -2.22. The average molecular weight is 364 g/mol. The van der Waals surface area contributed by atoms with Crippen molar-refractivity contribution in [1.29, 1.82) is 0 Å². The highest BCUT2D eigenvalue weighted by Crippen LogP contribution is 2.29. The topological polar surface area (TPSA) is 96.9 Å². The smallest absolute Gasteiger partial charge is 0.313 e. The summed E-state index contributed by atoms with van der Waals surface area (Å²) < 4.78 is 10.3. The SMILES string of the molecule is COc1ccc(NC(=O)C(=O)NCC(C)(O)c2cccs2)cc1OC. The van der Waals surface area contributed by atoms with Gasteiger partial charge in [-0.3, -0.25) is 9.59 Å². The number of nitrogens with one attached hydrogen (secondary N) is 2. The molecule has 0 aliphatic carbocycles. The fourth-order valence-corrected chi connectivity index (χ4v) is 2.89. The number of thiophene rings is 1. The van der Waals surface area contributed by atoms with Gasteiger partial charge in [-0.1, -0.05) is 6.07 Å². The summed E-state index contributed by atoms with van der Waals surface area (Å²) in [5.74, 6) is -0.737. The molecule has 1 unspecified atom stereocenters. The molecular formula is C17H20N2O5S. The van der Waals surface area contributed by atoms with E-state index in [1.54, 1.807) is 37.3 Å². The number of hydrogen-bond donors (Lipinski definition) is 3. The molecule has 2 amide bonds. The Morgan fingerprint density at radius 1 is 1.16 bits per heavy atom. The highest BCUT2D eigenvalue weighted by molar-refractivity contribution is 7.10. The van der Waals surface area contributed by atoms with Gasteiger partial charge >= 0.3 is 11.8 Å².